The van der Waals surface area contributed by atoms with Crippen LogP contribution < -0.4 is 14.5 Å². The van der Waals surface area contributed by atoms with Crippen molar-refractivity contribution in [3.05, 3.63) is 131 Å². The summed E-state index contributed by atoms with van der Waals surface area (Å²) in [7, 11) is 1.61. The van der Waals surface area contributed by atoms with Crippen molar-refractivity contribution in [1.82, 2.24) is 0 Å². The summed E-state index contributed by atoms with van der Waals surface area (Å²) in [6.45, 7) is 0.411. The van der Waals surface area contributed by atoms with E-state index < -0.39 is 0 Å². The molecule has 0 aliphatic carbocycles. The fourth-order valence-electron chi connectivity index (χ4n) is 3.90. The number of rotatable bonds is 7. The van der Waals surface area contributed by atoms with E-state index in [4.69, 9.17) is 14.6 Å². The van der Waals surface area contributed by atoms with Crippen molar-refractivity contribution in [3.8, 4) is 11.5 Å². The van der Waals surface area contributed by atoms with Crippen LogP contribution in [0.3, 0.4) is 0 Å². The lowest BCUT2D eigenvalue weighted by atomic mass is 10.00. The van der Waals surface area contributed by atoms with Gasteiger partial charge in [-0.2, -0.15) is 10.1 Å². The van der Waals surface area contributed by atoms with E-state index >= 15 is 0 Å². The van der Waals surface area contributed by atoms with E-state index in [9.17, 15) is 4.79 Å². The second kappa shape index (κ2) is 10.1. The van der Waals surface area contributed by atoms with Gasteiger partial charge in [-0.3, -0.25) is 4.79 Å². The minimum atomic E-state index is -0.183. The highest BCUT2D eigenvalue weighted by Gasteiger charge is 2.32. The predicted octanol–water partition coefficient (Wildman–Crippen LogP) is 6.11. The van der Waals surface area contributed by atoms with E-state index in [-0.39, 0.29) is 5.91 Å². The van der Waals surface area contributed by atoms with Crippen LogP contribution in [0.5, 0.6) is 11.5 Å². The Morgan fingerprint density at radius 2 is 1.46 bits per heavy atom. The minimum Gasteiger partial charge on any atom is -0.493 e. The first kappa shape index (κ1) is 22.2. The fraction of sp³-hybridized carbons (Fsp3) is 0.0667. The summed E-state index contributed by atoms with van der Waals surface area (Å²) in [6.07, 6.45) is 1.85. The molecule has 1 heterocycles. The van der Waals surface area contributed by atoms with E-state index in [0.717, 1.165) is 22.4 Å². The van der Waals surface area contributed by atoms with Gasteiger partial charge in [0, 0.05) is 5.56 Å². The van der Waals surface area contributed by atoms with Crippen molar-refractivity contribution in [2.45, 2.75) is 6.61 Å². The van der Waals surface area contributed by atoms with Crippen LogP contribution in [0.2, 0.25) is 0 Å². The third kappa shape index (κ3) is 4.84. The van der Waals surface area contributed by atoms with Crippen molar-refractivity contribution >= 4 is 23.4 Å². The van der Waals surface area contributed by atoms with Gasteiger partial charge in [0.05, 0.1) is 18.4 Å². The molecule has 4 aromatic carbocycles. The van der Waals surface area contributed by atoms with E-state index in [1.807, 2.05) is 115 Å². The maximum atomic E-state index is 13.5. The zero-order valence-electron chi connectivity index (χ0n) is 19.3. The summed E-state index contributed by atoms with van der Waals surface area (Å²) in [5.41, 5.74) is 4.61. The molecule has 0 fully saturated rings. The molecule has 0 aromatic heterocycles. The van der Waals surface area contributed by atoms with Crippen LogP contribution in [-0.4, -0.2) is 18.7 Å². The van der Waals surface area contributed by atoms with Crippen molar-refractivity contribution in [1.29, 1.82) is 0 Å². The van der Waals surface area contributed by atoms with Crippen LogP contribution in [0.4, 0.5) is 5.69 Å². The third-order valence-electron chi connectivity index (χ3n) is 5.66. The SMILES string of the molecule is COc1ccc(/C=C2\C(=O)N(c3ccccc3)N=C2c2ccccc2)cc1OCc1ccccc1. The number of carbonyl (C=O) groups is 1. The lowest BCUT2D eigenvalue weighted by Crippen LogP contribution is -2.21. The third-order valence-corrected chi connectivity index (χ3v) is 5.66. The van der Waals surface area contributed by atoms with Gasteiger partial charge in [-0.15, -0.1) is 0 Å². The van der Waals surface area contributed by atoms with Gasteiger partial charge in [-0.25, -0.2) is 0 Å². The first-order valence-corrected chi connectivity index (χ1v) is 11.3. The molecule has 172 valence electrons. The van der Waals surface area contributed by atoms with Gasteiger partial charge in [0.25, 0.3) is 5.91 Å². The maximum absolute atomic E-state index is 13.5. The van der Waals surface area contributed by atoms with Crippen LogP contribution in [0, 0.1) is 0 Å². The first-order valence-electron chi connectivity index (χ1n) is 11.3. The summed E-state index contributed by atoms with van der Waals surface area (Å²) in [5, 5.41) is 6.14. The van der Waals surface area contributed by atoms with Gasteiger partial charge in [-0.1, -0.05) is 84.9 Å². The van der Waals surface area contributed by atoms with Gasteiger partial charge in [0.2, 0.25) is 0 Å². The van der Waals surface area contributed by atoms with Crippen molar-refractivity contribution in [3.63, 3.8) is 0 Å². The Hall–Kier alpha value is -4.64. The second-order valence-corrected chi connectivity index (χ2v) is 8.01. The highest BCUT2D eigenvalue weighted by atomic mass is 16.5. The number of amides is 1. The molecular formula is C30H24N2O3. The molecule has 0 saturated heterocycles. The zero-order chi connectivity index (χ0) is 24.0. The summed E-state index contributed by atoms with van der Waals surface area (Å²) < 4.78 is 11.6. The Labute approximate surface area is 204 Å². The predicted molar refractivity (Wildman–Crippen MR) is 139 cm³/mol. The van der Waals surface area contributed by atoms with Crippen LogP contribution in [0.1, 0.15) is 16.7 Å². The Morgan fingerprint density at radius 1 is 0.800 bits per heavy atom. The monoisotopic (exact) mass is 460 g/mol. The second-order valence-electron chi connectivity index (χ2n) is 8.01. The van der Waals surface area contributed by atoms with E-state index in [0.29, 0.717) is 29.4 Å². The molecule has 5 nitrogen and oxygen atoms in total. The molecule has 0 N–H and O–H groups in total. The topological polar surface area (TPSA) is 51.1 Å². The smallest absolute Gasteiger partial charge is 0.281 e. The number of para-hydroxylation sites is 1. The molecule has 0 saturated carbocycles. The molecule has 0 unspecified atom stereocenters. The summed E-state index contributed by atoms with van der Waals surface area (Å²) in [6, 6.07) is 34.8. The number of hydrogen-bond acceptors (Lipinski definition) is 4. The van der Waals surface area contributed by atoms with Crippen LogP contribution in [0.15, 0.2) is 120 Å². The van der Waals surface area contributed by atoms with Crippen LogP contribution in [0.25, 0.3) is 6.08 Å². The number of benzene rings is 4. The average Bonchev–Trinajstić information content (AvgIpc) is 3.25. The van der Waals surface area contributed by atoms with E-state index in [1.54, 1.807) is 7.11 Å². The lowest BCUT2D eigenvalue weighted by molar-refractivity contribution is -0.114. The first-order chi connectivity index (χ1) is 17.2. The van der Waals surface area contributed by atoms with Gasteiger partial charge in [0.15, 0.2) is 11.5 Å². The molecule has 1 aliphatic heterocycles. The summed E-state index contributed by atoms with van der Waals surface area (Å²) >= 11 is 0. The van der Waals surface area contributed by atoms with Crippen molar-refractivity contribution in [2.75, 3.05) is 12.1 Å². The molecule has 4 aromatic rings. The molecule has 1 aliphatic rings. The number of ether oxygens (including phenoxy) is 2. The largest absolute Gasteiger partial charge is 0.493 e. The van der Waals surface area contributed by atoms with Gasteiger partial charge in [0.1, 0.15) is 12.3 Å². The molecule has 0 radical (unpaired) electrons. The fourth-order valence-corrected chi connectivity index (χ4v) is 3.90. The maximum Gasteiger partial charge on any atom is 0.281 e. The molecule has 35 heavy (non-hydrogen) atoms. The molecule has 0 spiro atoms. The molecule has 0 atom stereocenters. The van der Waals surface area contributed by atoms with Crippen LogP contribution >= 0.6 is 0 Å². The van der Waals surface area contributed by atoms with Crippen molar-refractivity contribution < 1.29 is 14.3 Å². The normalized spacial score (nSPS) is 14.2. The molecular weight excluding hydrogens is 436 g/mol. The molecule has 0 bridgehead atoms. The standard InChI is InChI=1S/C30H24N2O3/c1-34-27-18-17-23(20-28(27)35-21-22-11-5-2-6-12-22)19-26-29(24-13-7-3-8-14-24)31-32(30(26)33)25-15-9-4-10-16-25/h2-20H,21H2,1H3/b26-19-. The Balaban J connectivity index is 1.51. The van der Waals surface area contributed by atoms with Gasteiger partial charge in [-0.05, 0) is 41.5 Å². The zero-order valence-corrected chi connectivity index (χ0v) is 19.3. The molecule has 1 amide bonds. The van der Waals surface area contributed by atoms with Gasteiger partial charge < -0.3 is 9.47 Å². The number of hydrogen-bond donors (Lipinski definition) is 0. The van der Waals surface area contributed by atoms with Crippen molar-refractivity contribution in [2.24, 2.45) is 5.10 Å². The Morgan fingerprint density at radius 3 is 2.14 bits per heavy atom. The van der Waals surface area contributed by atoms with Crippen LogP contribution in [-0.2, 0) is 11.4 Å². The number of hydrazone groups is 1. The highest BCUT2D eigenvalue weighted by molar-refractivity contribution is 6.37. The Bertz CT molecular complexity index is 1380. The van der Waals surface area contributed by atoms with E-state index in [1.165, 1.54) is 5.01 Å². The quantitative estimate of drug-likeness (QED) is 0.313. The Kier molecular flexibility index (Phi) is 6.39. The number of carbonyl (C=O) groups excluding carboxylic acids is 1. The minimum absolute atomic E-state index is 0.183. The van der Waals surface area contributed by atoms with E-state index in [2.05, 4.69) is 0 Å². The highest BCUT2D eigenvalue weighted by Crippen LogP contribution is 2.32. The number of methoxy groups -OCH3 is 1. The lowest BCUT2D eigenvalue weighted by Gasteiger charge is -2.12. The number of anilines is 1. The molecule has 5 heteroatoms. The number of nitrogens with zero attached hydrogens (tertiary/aromatic N) is 2. The summed E-state index contributed by atoms with van der Waals surface area (Å²) in [4.78, 5) is 13.5. The molecule has 5 rings (SSSR count). The average molecular weight is 461 g/mol. The summed E-state index contributed by atoms with van der Waals surface area (Å²) in [5.74, 6) is 1.05. The van der Waals surface area contributed by atoms with Gasteiger partial charge >= 0.3 is 0 Å².